The van der Waals surface area contributed by atoms with Crippen LogP contribution in [0.2, 0.25) is 0 Å². The van der Waals surface area contributed by atoms with Crippen molar-refractivity contribution in [2.75, 3.05) is 19.7 Å². The van der Waals surface area contributed by atoms with E-state index >= 15 is 0 Å². The van der Waals surface area contributed by atoms with Gasteiger partial charge in [0.15, 0.2) is 0 Å². The molecule has 1 aliphatic heterocycles. The molecule has 0 bridgehead atoms. The van der Waals surface area contributed by atoms with Crippen molar-refractivity contribution >= 4 is 0 Å². The van der Waals surface area contributed by atoms with Gasteiger partial charge in [0.05, 0.1) is 12.7 Å². The molecule has 126 valence electrons. The molecule has 3 atom stereocenters. The SMILES string of the molecule is CCOc1ccc(-c2cccc(O[C@H]3C[C@H]4CNC[C@H]4C3)c2)cc1. The summed E-state index contributed by atoms with van der Waals surface area (Å²) in [6, 6.07) is 16.7. The van der Waals surface area contributed by atoms with E-state index in [4.69, 9.17) is 9.47 Å². The first-order chi connectivity index (χ1) is 11.8. The maximum absolute atomic E-state index is 6.28. The zero-order valence-corrected chi connectivity index (χ0v) is 14.2. The molecule has 1 saturated carbocycles. The van der Waals surface area contributed by atoms with Crippen LogP contribution in [0.4, 0.5) is 0 Å². The fraction of sp³-hybridized carbons (Fsp3) is 0.429. The minimum Gasteiger partial charge on any atom is -0.494 e. The van der Waals surface area contributed by atoms with Crippen LogP contribution in [-0.4, -0.2) is 25.8 Å². The lowest BCUT2D eigenvalue weighted by atomic mass is 10.0. The lowest BCUT2D eigenvalue weighted by molar-refractivity contribution is 0.199. The van der Waals surface area contributed by atoms with Crippen LogP contribution in [0.5, 0.6) is 11.5 Å². The van der Waals surface area contributed by atoms with Gasteiger partial charge in [0.2, 0.25) is 0 Å². The zero-order valence-electron chi connectivity index (χ0n) is 14.2. The van der Waals surface area contributed by atoms with Crippen LogP contribution < -0.4 is 14.8 Å². The van der Waals surface area contributed by atoms with Gasteiger partial charge in [-0.3, -0.25) is 0 Å². The average molecular weight is 323 g/mol. The van der Waals surface area contributed by atoms with Crippen LogP contribution in [0.3, 0.4) is 0 Å². The minimum absolute atomic E-state index is 0.373. The predicted octanol–water partition coefficient (Wildman–Crippen LogP) is 4.13. The molecule has 0 unspecified atom stereocenters. The maximum Gasteiger partial charge on any atom is 0.120 e. The lowest BCUT2D eigenvalue weighted by Gasteiger charge is -2.15. The smallest absolute Gasteiger partial charge is 0.120 e. The molecular formula is C21H25NO2. The molecule has 24 heavy (non-hydrogen) atoms. The van der Waals surface area contributed by atoms with E-state index in [-0.39, 0.29) is 0 Å². The van der Waals surface area contributed by atoms with E-state index in [1.165, 1.54) is 24.0 Å². The largest absolute Gasteiger partial charge is 0.494 e. The molecule has 3 nitrogen and oxygen atoms in total. The van der Waals surface area contributed by atoms with Crippen molar-refractivity contribution in [2.24, 2.45) is 11.8 Å². The molecule has 0 spiro atoms. The molecule has 1 heterocycles. The van der Waals surface area contributed by atoms with E-state index in [9.17, 15) is 0 Å². The van der Waals surface area contributed by atoms with Gasteiger partial charge < -0.3 is 14.8 Å². The molecule has 1 saturated heterocycles. The topological polar surface area (TPSA) is 30.5 Å². The molecule has 0 amide bonds. The van der Waals surface area contributed by atoms with Gasteiger partial charge in [0, 0.05) is 0 Å². The van der Waals surface area contributed by atoms with Crippen LogP contribution in [0.25, 0.3) is 11.1 Å². The van der Waals surface area contributed by atoms with Crippen molar-refractivity contribution in [3.05, 3.63) is 48.5 Å². The average Bonchev–Trinajstić information content (AvgIpc) is 3.17. The monoisotopic (exact) mass is 323 g/mol. The number of rotatable bonds is 5. The van der Waals surface area contributed by atoms with Gasteiger partial charge in [0.1, 0.15) is 11.5 Å². The first-order valence-corrected chi connectivity index (χ1v) is 9.02. The normalized spacial score (nSPS) is 25.5. The van der Waals surface area contributed by atoms with Gasteiger partial charge in [-0.05, 0) is 80.1 Å². The van der Waals surface area contributed by atoms with Crippen LogP contribution in [0, 0.1) is 11.8 Å². The highest BCUT2D eigenvalue weighted by molar-refractivity contribution is 5.65. The van der Waals surface area contributed by atoms with Gasteiger partial charge in [-0.15, -0.1) is 0 Å². The number of nitrogens with one attached hydrogen (secondary N) is 1. The molecule has 1 N–H and O–H groups in total. The molecule has 1 aliphatic carbocycles. The highest BCUT2D eigenvalue weighted by Crippen LogP contribution is 2.37. The van der Waals surface area contributed by atoms with Gasteiger partial charge in [-0.2, -0.15) is 0 Å². The third-order valence-electron chi connectivity index (χ3n) is 5.25. The lowest BCUT2D eigenvalue weighted by Crippen LogP contribution is -2.18. The van der Waals surface area contributed by atoms with Crippen molar-refractivity contribution in [1.29, 1.82) is 0 Å². The third-order valence-corrected chi connectivity index (χ3v) is 5.25. The molecule has 4 rings (SSSR count). The van der Waals surface area contributed by atoms with Crippen LogP contribution in [0.1, 0.15) is 19.8 Å². The Balaban J connectivity index is 1.45. The quantitative estimate of drug-likeness (QED) is 0.897. The number of ether oxygens (including phenoxy) is 2. The predicted molar refractivity (Wildman–Crippen MR) is 96.5 cm³/mol. The van der Waals surface area contributed by atoms with E-state index in [1.807, 2.05) is 19.1 Å². The molecule has 2 aromatic rings. The summed E-state index contributed by atoms with van der Waals surface area (Å²) in [4.78, 5) is 0. The Bertz CT molecular complexity index is 670. The molecule has 0 radical (unpaired) electrons. The summed E-state index contributed by atoms with van der Waals surface area (Å²) >= 11 is 0. The number of hydrogen-bond donors (Lipinski definition) is 1. The van der Waals surface area contributed by atoms with Crippen LogP contribution >= 0.6 is 0 Å². The molecule has 0 aromatic heterocycles. The summed E-state index contributed by atoms with van der Waals surface area (Å²) in [5, 5.41) is 3.49. The first kappa shape index (κ1) is 15.5. The highest BCUT2D eigenvalue weighted by atomic mass is 16.5. The molecule has 2 aliphatic rings. The Hall–Kier alpha value is -2.00. The number of hydrogen-bond acceptors (Lipinski definition) is 3. The van der Waals surface area contributed by atoms with Crippen molar-refractivity contribution < 1.29 is 9.47 Å². The number of benzene rings is 2. The summed E-state index contributed by atoms with van der Waals surface area (Å²) in [7, 11) is 0. The van der Waals surface area contributed by atoms with E-state index < -0.39 is 0 Å². The second-order valence-corrected chi connectivity index (χ2v) is 6.87. The standard InChI is InChI=1S/C21H25NO2/c1-2-23-19-8-6-15(7-9-19)16-4-3-5-20(10-16)24-21-11-17-13-22-14-18(17)12-21/h3-10,17-18,21-22H,2,11-14H2,1H3/t17-,18+,21-. The number of fused-ring (bicyclic) bond motifs is 1. The van der Waals surface area contributed by atoms with Gasteiger partial charge in [-0.1, -0.05) is 24.3 Å². The van der Waals surface area contributed by atoms with Crippen molar-refractivity contribution in [3.8, 4) is 22.6 Å². The highest BCUT2D eigenvalue weighted by Gasteiger charge is 2.38. The fourth-order valence-corrected chi connectivity index (χ4v) is 4.06. The Morgan fingerprint density at radius 1 is 0.917 bits per heavy atom. The Kier molecular flexibility index (Phi) is 4.44. The summed E-state index contributed by atoms with van der Waals surface area (Å²) in [6.07, 6.45) is 2.74. The fourth-order valence-electron chi connectivity index (χ4n) is 4.06. The van der Waals surface area contributed by atoms with E-state index in [0.717, 1.165) is 36.4 Å². The minimum atomic E-state index is 0.373. The van der Waals surface area contributed by atoms with E-state index in [2.05, 4.69) is 41.7 Å². The Morgan fingerprint density at radius 3 is 2.38 bits per heavy atom. The molecular weight excluding hydrogens is 298 g/mol. The third kappa shape index (κ3) is 3.27. The molecule has 3 heteroatoms. The van der Waals surface area contributed by atoms with Crippen molar-refractivity contribution in [3.63, 3.8) is 0 Å². The van der Waals surface area contributed by atoms with Crippen LogP contribution in [0.15, 0.2) is 48.5 Å². The second kappa shape index (κ2) is 6.86. The second-order valence-electron chi connectivity index (χ2n) is 6.87. The zero-order chi connectivity index (χ0) is 16.4. The van der Waals surface area contributed by atoms with Gasteiger partial charge >= 0.3 is 0 Å². The Morgan fingerprint density at radius 2 is 1.67 bits per heavy atom. The van der Waals surface area contributed by atoms with Gasteiger partial charge in [-0.25, -0.2) is 0 Å². The molecule has 2 aromatic carbocycles. The summed E-state index contributed by atoms with van der Waals surface area (Å²) in [6.45, 7) is 5.02. The van der Waals surface area contributed by atoms with Crippen molar-refractivity contribution in [2.45, 2.75) is 25.9 Å². The maximum atomic E-state index is 6.28. The van der Waals surface area contributed by atoms with Crippen LogP contribution in [-0.2, 0) is 0 Å². The summed E-state index contributed by atoms with van der Waals surface area (Å²) in [5.74, 6) is 3.52. The summed E-state index contributed by atoms with van der Waals surface area (Å²) < 4.78 is 11.8. The van der Waals surface area contributed by atoms with E-state index in [1.54, 1.807) is 0 Å². The molecule has 2 fully saturated rings. The summed E-state index contributed by atoms with van der Waals surface area (Å²) in [5.41, 5.74) is 2.38. The van der Waals surface area contributed by atoms with Gasteiger partial charge in [0.25, 0.3) is 0 Å². The Labute approximate surface area is 144 Å². The van der Waals surface area contributed by atoms with Crippen molar-refractivity contribution in [1.82, 2.24) is 5.32 Å². The van der Waals surface area contributed by atoms with E-state index in [0.29, 0.717) is 12.7 Å². The first-order valence-electron chi connectivity index (χ1n) is 9.02.